The Kier molecular flexibility index (Phi) is 22.7. The van der Waals surface area contributed by atoms with Crippen molar-refractivity contribution in [3.8, 4) is 0 Å². The molecule has 0 fully saturated rings. The molecule has 1 unspecified atom stereocenters. The zero-order valence-corrected chi connectivity index (χ0v) is 21.1. The fraction of sp³-hybridized carbons (Fsp3) is 0.815. The second-order valence-corrected chi connectivity index (χ2v) is 8.70. The van der Waals surface area contributed by atoms with E-state index < -0.39 is 0 Å². The predicted octanol–water partition coefficient (Wildman–Crippen LogP) is 7.09. The molecule has 0 rings (SSSR count). The first-order valence-electron chi connectivity index (χ1n) is 12.8. The topological polar surface area (TPSA) is 38.8 Å². The molecule has 0 radical (unpaired) electrons. The van der Waals surface area contributed by atoms with E-state index in [1.54, 1.807) is 0 Å². The van der Waals surface area contributed by atoms with E-state index >= 15 is 0 Å². The van der Waals surface area contributed by atoms with Crippen LogP contribution >= 0.6 is 0 Å². The van der Waals surface area contributed by atoms with Gasteiger partial charge in [-0.25, -0.2) is 0 Å². The Bertz CT molecular complexity index is 446. The second kappa shape index (κ2) is 23.5. The average molecular weight is 438 g/mol. The average Bonchev–Trinajstić information content (AvgIpc) is 2.75. The minimum Gasteiger partial charge on any atom is -0.460 e. The van der Waals surface area contributed by atoms with Crippen molar-refractivity contribution in [3.63, 3.8) is 0 Å². The monoisotopic (exact) mass is 437 g/mol. The summed E-state index contributed by atoms with van der Waals surface area (Å²) in [6, 6.07) is 0. The van der Waals surface area contributed by atoms with Gasteiger partial charge in [-0.1, -0.05) is 69.8 Å². The lowest BCUT2D eigenvalue weighted by Gasteiger charge is -2.18. The fourth-order valence-electron chi connectivity index (χ4n) is 3.35. The lowest BCUT2D eigenvalue weighted by Crippen LogP contribution is -2.26. The van der Waals surface area contributed by atoms with Crippen LogP contribution in [0.1, 0.15) is 104 Å². The molecule has 0 aromatic carbocycles. The van der Waals surface area contributed by atoms with E-state index in [-0.39, 0.29) is 12.1 Å². The molecule has 0 aromatic rings. The van der Waals surface area contributed by atoms with Gasteiger partial charge in [-0.05, 0) is 66.0 Å². The van der Waals surface area contributed by atoms with Crippen LogP contribution in [0.2, 0.25) is 0 Å². The van der Waals surface area contributed by atoms with Gasteiger partial charge in [0.25, 0.3) is 0 Å². The summed E-state index contributed by atoms with van der Waals surface area (Å²) in [5.41, 5.74) is 0. The number of carbonyl (C=O) groups is 1. The molecule has 4 nitrogen and oxygen atoms in total. The van der Waals surface area contributed by atoms with Crippen molar-refractivity contribution in [3.05, 3.63) is 24.3 Å². The second-order valence-electron chi connectivity index (χ2n) is 8.70. The highest BCUT2D eigenvalue weighted by atomic mass is 16.6. The third-order valence-electron chi connectivity index (χ3n) is 5.30. The smallest absolute Gasteiger partial charge is 0.307 e. The first-order valence-corrected chi connectivity index (χ1v) is 12.8. The molecule has 0 aliphatic carbocycles. The van der Waals surface area contributed by atoms with Crippen LogP contribution in [0.4, 0.5) is 0 Å². The quantitative estimate of drug-likeness (QED) is 0.103. The standard InChI is InChI=1S/C27H51NO3/c1-5-7-8-9-10-11-12-13-14-15-16-17-18-19-20-21-22-26(25-30-6-2)31-27(29)23-24-28(3)4/h10-11,13-14,26H,5-9,12,15-25H2,1-4H3/b11-10-,14-13-. The van der Waals surface area contributed by atoms with Crippen LogP contribution in [-0.2, 0) is 14.3 Å². The molecule has 0 spiro atoms. The van der Waals surface area contributed by atoms with Gasteiger partial charge in [-0.15, -0.1) is 0 Å². The van der Waals surface area contributed by atoms with Crippen molar-refractivity contribution in [2.24, 2.45) is 0 Å². The fourth-order valence-corrected chi connectivity index (χ4v) is 3.35. The van der Waals surface area contributed by atoms with Gasteiger partial charge in [0.15, 0.2) is 0 Å². The normalized spacial score (nSPS) is 12.9. The highest BCUT2D eigenvalue weighted by molar-refractivity contribution is 5.69. The van der Waals surface area contributed by atoms with Crippen LogP contribution in [0.25, 0.3) is 0 Å². The molecule has 0 N–H and O–H groups in total. The van der Waals surface area contributed by atoms with Crippen LogP contribution in [0, 0.1) is 0 Å². The van der Waals surface area contributed by atoms with Gasteiger partial charge >= 0.3 is 5.97 Å². The van der Waals surface area contributed by atoms with E-state index in [0.717, 1.165) is 25.8 Å². The molecule has 0 aliphatic rings. The van der Waals surface area contributed by atoms with Crippen LogP contribution in [0.3, 0.4) is 0 Å². The molecule has 4 heteroatoms. The van der Waals surface area contributed by atoms with E-state index in [1.807, 2.05) is 25.9 Å². The largest absolute Gasteiger partial charge is 0.460 e. The lowest BCUT2D eigenvalue weighted by molar-refractivity contribution is -0.152. The van der Waals surface area contributed by atoms with Gasteiger partial charge in [0.05, 0.1) is 13.0 Å². The Balaban J connectivity index is 3.67. The Morgan fingerprint density at radius 3 is 2.06 bits per heavy atom. The summed E-state index contributed by atoms with van der Waals surface area (Å²) >= 11 is 0. The van der Waals surface area contributed by atoms with Gasteiger partial charge in [0, 0.05) is 13.2 Å². The van der Waals surface area contributed by atoms with Crippen LogP contribution in [-0.4, -0.2) is 50.8 Å². The number of hydrogen-bond donors (Lipinski definition) is 0. The maximum Gasteiger partial charge on any atom is 0.307 e. The Labute approximate surface area is 193 Å². The third kappa shape index (κ3) is 23.4. The highest BCUT2D eigenvalue weighted by Crippen LogP contribution is 2.13. The number of hydrogen-bond acceptors (Lipinski definition) is 4. The summed E-state index contributed by atoms with van der Waals surface area (Å²) in [5.74, 6) is -0.113. The van der Waals surface area contributed by atoms with E-state index in [9.17, 15) is 4.79 Å². The van der Waals surface area contributed by atoms with E-state index in [2.05, 4.69) is 31.2 Å². The van der Waals surface area contributed by atoms with Gasteiger partial charge in [0.2, 0.25) is 0 Å². The number of esters is 1. The molecular formula is C27H51NO3. The Morgan fingerprint density at radius 2 is 1.45 bits per heavy atom. The summed E-state index contributed by atoms with van der Waals surface area (Å²) in [7, 11) is 3.93. The Hall–Kier alpha value is -1.13. The number of rotatable bonds is 22. The summed E-state index contributed by atoms with van der Waals surface area (Å²) in [6.45, 7) is 6.13. The number of carbonyl (C=O) groups excluding carboxylic acids is 1. The van der Waals surface area contributed by atoms with Gasteiger partial charge in [-0.2, -0.15) is 0 Å². The van der Waals surface area contributed by atoms with E-state index in [1.165, 1.54) is 64.2 Å². The number of ether oxygens (including phenoxy) is 2. The minimum absolute atomic E-state index is 0.0968. The van der Waals surface area contributed by atoms with Gasteiger partial charge in [0.1, 0.15) is 6.10 Å². The van der Waals surface area contributed by atoms with E-state index in [4.69, 9.17) is 9.47 Å². The predicted molar refractivity (Wildman–Crippen MR) is 134 cm³/mol. The molecule has 0 saturated carbocycles. The van der Waals surface area contributed by atoms with Crippen molar-refractivity contribution >= 4 is 5.97 Å². The molecular weight excluding hydrogens is 386 g/mol. The molecule has 0 heterocycles. The van der Waals surface area contributed by atoms with Crippen LogP contribution < -0.4 is 0 Å². The third-order valence-corrected chi connectivity index (χ3v) is 5.30. The maximum absolute atomic E-state index is 12.0. The maximum atomic E-state index is 12.0. The first-order chi connectivity index (χ1) is 15.1. The summed E-state index contributed by atoms with van der Waals surface area (Å²) in [4.78, 5) is 14.0. The molecule has 0 amide bonds. The van der Waals surface area contributed by atoms with Crippen molar-refractivity contribution in [2.45, 2.75) is 110 Å². The summed E-state index contributed by atoms with van der Waals surface area (Å²) in [6.07, 6.45) is 25.4. The molecule has 0 bridgehead atoms. The lowest BCUT2D eigenvalue weighted by atomic mass is 10.1. The zero-order chi connectivity index (χ0) is 23.0. The van der Waals surface area contributed by atoms with Gasteiger partial charge < -0.3 is 14.4 Å². The molecule has 0 aromatic heterocycles. The van der Waals surface area contributed by atoms with Crippen LogP contribution in [0.15, 0.2) is 24.3 Å². The number of nitrogens with zero attached hydrogens (tertiary/aromatic N) is 1. The van der Waals surface area contributed by atoms with Crippen molar-refractivity contribution in [1.29, 1.82) is 0 Å². The van der Waals surface area contributed by atoms with Crippen LogP contribution in [0.5, 0.6) is 0 Å². The van der Waals surface area contributed by atoms with Crippen molar-refractivity contribution < 1.29 is 14.3 Å². The summed E-state index contributed by atoms with van der Waals surface area (Å²) < 4.78 is 11.1. The number of unbranched alkanes of at least 4 members (excludes halogenated alkanes) is 9. The first kappa shape index (κ1) is 29.9. The zero-order valence-electron chi connectivity index (χ0n) is 21.1. The summed E-state index contributed by atoms with van der Waals surface area (Å²) in [5, 5.41) is 0. The Morgan fingerprint density at radius 1 is 0.839 bits per heavy atom. The van der Waals surface area contributed by atoms with E-state index in [0.29, 0.717) is 19.6 Å². The minimum atomic E-state index is -0.113. The molecule has 0 saturated heterocycles. The van der Waals surface area contributed by atoms with Gasteiger partial charge in [-0.3, -0.25) is 4.79 Å². The highest BCUT2D eigenvalue weighted by Gasteiger charge is 2.14. The molecule has 1 atom stereocenters. The molecule has 31 heavy (non-hydrogen) atoms. The number of allylic oxidation sites excluding steroid dienone is 4. The van der Waals surface area contributed by atoms with Crippen molar-refractivity contribution in [1.82, 2.24) is 4.90 Å². The molecule has 182 valence electrons. The SMILES string of the molecule is CCCCC/C=C\C/C=C\CCCCCCCCC(COCC)OC(=O)CCN(C)C. The van der Waals surface area contributed by atoms with Crippen molar-refractivity contribution in [2.75, 3.05) is 33.9 Å². The molecule has 0 aliphatic heterocycles.